The van der Waals surface area contributed by atoms with Crippen molar-refractivity contribution in [3.8, 4) is 5.75 Å². The van der Waals surface area contributed by atoms with Crippen LogP contribution in [0.2, 0.25) is 0 Å². The Bertz CT molecular complexity index is 494. The van der Waals surface area contributed by atoms with E-state index in [1.54, 1.807) is 0 Å². The number of aliphatic hydroxyl groups is 1. The Morgan fingerprint density at radius 1 is 0.800 bits per heavy atom. The summed E-state index contributed by atoms with van der Waals surface area (Å²) in [6, 6.07) is 18.6. The zero-order chi connectivity index (χ0) is 14.0. The number of para-hydroxylation sites is 1. The van der Waals surface area contributed by atoms with Crippen molar-refractivity contribution in [2.75, 3.05) is 13.2 Å². The van der Waals surface area contributed by atoms with Gasteiger partial charge in [-0.25, -0.2) is 0 Å². The highest BCUT2D eigenvalue weighted by Crippen LogP contribution is 2.19. The average Bonchev–Trinajstić information content (AvgIpc) is 2.51. The molecule has 2 heteroatoms. The zero-order valence-electron chi connectivity index (χ0n) is 11.8. The van der Waals surface area contributed by atoms with Crippen LogP contribution >= 0.6 is 0 Å². The lowest BCUT2D eigenvalue weighted by atomic mass is 10.1. The number of ether oxygens (including phenoxy) is 1. The molecule has 2 rings (SSSR count). The van der Waals surface area contributed by atoms with Crippen LogP contribution in [0.3, 0.4) is 0 Å². The second-order valence-corrected chi connectivity index (χ2v) is 4.87. The van der Waals surface area contributed by atoms with E-state index < -0.39 is 0 Å². The van der Waals surface area contributed by atoms with Gasteiger partial charge in [-0.05, 0) is 42.9 Å². The van der Waals surface area contributed by atoms with Crippen molar-refractivity contribution in [2.45, 2.75) is 25.7 Å². The molecule has 0 radical (unpaired) electrons. The predicted molar refractivity (Wildman–Crippen MR) is 82.1 cm³/mol. The Morgan fingerprint density at radius 2 is 1.55 bits per heavy atom. The molecule has 0 atom stereocenters. The maximum absolute atomic E-state index is 8.92. The molecule has 0 aliphatic heterocycles. The van der Waals surface area contributed by atoms with E-state index in [1.165, 1.54) is 11.1 Å². The van der Waals surface area contributed by atoms with E-state index in [9.17, 15) is 0 Å². The van der Waals surface area contributed by atoms with Crippen LogP contribution < -0.4 is 4.74 Å². The average molecular weight is 270 g/mol. The molecular weight excluding hydrogens is 248 g/mol. The number of hydrogen-bond donors (Lipinski definition) is 1. The van der Waals surface area contributed by atoms with Crippen LogP contribution in [0.25, 0.3) is 0 Å². The van der Waals surface area contributed by atoms with Gasteiger partial charge in [0.2, 0.25) is 0 Å². The Labute approximate surface area is 121 Å². The van der Waals surface area contributed by atoms with E-state index in [4.69, 9.17) is 9.84 Å². The third-order valence-electron chi connectivity index (χ3n) is 3.29. The predicted octanol–water partition coefficient (Wildman–Crippen LogP) is 3.62. The molecule has 0 unspecified atom stereocenters. The fourth-order valence-electron chi connectivity index (χ4n) is 2.22. The van der Waals surface area contributed by atoms with Gasteiger partial charge in [-0.1, -0.05) is 48.5 Å². The highest BCUT2D eigenvalue weighted by atomic mass is 16.5. The number of aliphatic hydroxyl groups excluding tert-OH is 1. The van der Waals surface area contributed by atoms with E-state index in [1.807, 2.05) is 24.3 Å². The fraction of sp³-hybridized carbons (Fsp3) is 0.333. The number of aryl methyl sites for hydroxylation is 2. The Hall–Kier alpha value is -1.80. The van der Waals surface area contributed by atoms with Gasteiger partial charge >= 0.3 is 0 Å². The van der Waals surface area contributed by atoms with Crippen LogP contribution in [0.1, 0.15) is 24.0 Å². The minimum absolute atomic E-state index is 0.225. The van der Waals surface area contributed by atoms with Gasteiger partial charge in [0.25, 0.3) is 0 Å². The summed E-state index contributed by atoms with van der Waals surface area (Å²) in [5.41, 5.74) is 2.53. The lowest BCUT2D eigenvalue weighted by Crippen LogP contribution is -2.02. The number of benzene rings is 2. The molecule has 106 valence electrons. The molecule has 0 aliphatic rings. The van der Waals surface area contributed by atoms with Crippen molar-refractivity contribution < 1.29 is 9.84 Å². The Morgan fingerprint density at radius 3 is 2.35 bits per heavy atom. The molecule has 20 heavy (non-hydrogen) atoms. The van der Waals surface area contributed by atoms with Crippen molar-refractivity contribution in [3.63, 3.8) is 0 Å². The third kappa shape index (κ3) is 4.71. The molecule has 0 heterocycles. The second kappa shape index (κ2) is 8.39. The Balaban J connectivity index is 1.79. The Kier molecular flexibility index (Phi) is 6.12. The van der Waals surface area contributed by atoms with Gasteiger partial charge in [0, 0.05) is 6.61 Å². The molecule has 0 bridgehead atoms. The van der Waals surface area contributed by atoms with E-state index in [0.717, 1.165) is 38.0 Å². The first-order valence-corrected chi connectivity index (χ1v) is 7.25. The molecule has 2 nitrogen and oxygen atoms in total. The third-order valence-corrected chi connectivity index (χ3v) is 3.29. The van der Waals surface area contributed by atoms with Crippen LogP contribution in [0.15, 0.2) is 54.6 Å². The zero-order valence-corrected chi connectivity index (χ0v) is 11.8. The van der Waals surface area contributed by atoms with Crippen LogP contribution in [0.5, 0.6) is 5.75 Å². The van der Waals surface area contributed by atoms with E-state index in [2.05, 4.69) is 30.3 Å². The first-order valence-electron chi connectivity index (χ1n) is 7.25. The highest BCUT2D eigenvalue weighted by molar-refractivity contribution is 5.33. The van der Waals surface area contributed by atoms with E-state index >= 15 is 0 Å². The highest BCUT2D eigenvalue weighted by Gasteiger charge is 2.02. The van der Waals surface area contributed by atoms with Crippen molar-refractivity contribution in [2.24, 2.45) is 0 Å². The minimum atomic E-state index is 0.225. The number of rotatable bonds is 8. The first kappa shape index (κ1) is 14.6. The summed E-state index contributed by atoms with van der Waals surface area (Å²) in [5, 5.41) is 8.92. The SMILES string of the molecule is OCCCc1ccccc1OCCCc1ccccc1. The molecule has 0 spiro atoms. The molecule has 2 aromatic carbocycles. The smallest absolute Gasteiger partial charge is 0.122 e. The quantitative estimate of drug-likeness (QED) is 0.742. The van der Waals surface area contributed by atoms with Gasteiger partial charge < -0.3 is 9.84 Å². The maximum atomic E-state index is 8.92. The normalized spacial score (nSPS) is 10.4. The second-order valence-electron chi connectivity index (χ2n) is 4.87. The van der Waals surface area contributed by atoms with E-state index in [-0.39, 0.29) is 6.61 Å². The van der Waals surface area contributed by atoms with Crippen molar-refractivity contribution in [3.05, 3.63) is 65.7 Å². The summed E-state index contributed by atoms with van der Waals surface area (Å²) in [5.74, 6) is 0.953. The van der Waals surface area contributed by atoms with E-state index in [0.29, 0.717) is 0 Å². The number of hydrogen-bond acceptors (Lipinski definition) is 2. The van der Waals surface area contributed by atoms with Gasteiger partial charge in [0.1, 0.15) is 5.75 Å². The van der Waals surface area contributed by atoms with Gasteiger partial charge in [-0.3, -0.25) is 0 Å². The van der Waals surface area contributed by atoms with Gasteiger partial charge in [-0.2, -0.15) is 0 Å². The van der Waals surface area contributed by atoms with Crippen molar-refractivity contribution in [1.29, 1.82) is 0 Å². The molecule has 1 N–H and O–H groups in total. The molecule has 0 amide bonds. The summed E-state index contributed by atoms with van der Waals surface area (Å²) in [4.78, 5) is 0. The summed E-state index contributed by atoms with van der Waals surface area (Å²) in [6.45, 7) is 0.952. The minimum Gasteiger partial charge on any atom is -0.493 e. The summed E-state index contributed by atoms with van der Waals surface area (Å²) in [7, 11) is 0. The van der Waals surface area contributed by atoms with Gasteiger partial charge in [0.05, 0.1) is 6.61 Å². The van der Waals surface area contributed by atoms with Crippen LogP contribution in [-0.2, 0) is 12.8 Å². The maximum Gasteiger partial charge on any atom is 0.122 e. The lowest BCUT2D eigenvalue weighted by molar-refractivity contribution is 0.284. The van der Waals surface area contributed by atoms with Crippen LogP contribution in [0, 0.1) is 0 Å². The summed E-state index contributed by atoms with van der Waals surface area (Å²) < 4.78 is 5.87. The summed E-state index contributed by atoms with van der Waals surface area (Å²) in [6.07, 6.45) is 3.70. The summed E-state index contributed by atoms with van der Waals surface area (Å²) >= 11 is 0. The molecule has 0 aromatic heterocycles. The molecule has 0 saturated heterocycles. The standard InChI is InChI=1S/C18H22O2/c19-14-6-12-17-11-4-5-13-18(17)20-15-7-10-16-8-2-1-3-9-16/h1-5,8-9,11,13,19H,6-7,10,12,14-15H2. The molecule has 0 fully saturated rings. The largest absolute Gasteiger partial charge is 0.493 e. The molecule has 0 aliphatic carbocycles. The van der Waals surface area contributed by atoms with Gasteiger partial charge in [-0.15, -0.1) is 0 Å². The fourth-order valence-corrected chi connectivity index (χ4v) is 2.22. The van der Waals surface area contributed by atoms with Crippen LogP contribution in [-0.4, -0.2) is 18.3 Å². The first-order chi connectivity index (χ1) is 9.90. The molecule has 0 saturated carbocycles. The lowest BCUT2D eigenvalue weighted by Gasteiger charge is -2.11. The molecule has 2 aromatic rings. The topological polar surface area (TPSA) is 29.5 Å². The van der Waals surface area contributed by atoms with Gasteiger partial charge in [0.15, 0.2) is 0 Å². The van der Waals surface area contributed by atoms with Crippen molar-refractivity contribution >= 4 is 0 Å². The van der Waals surface area contributed by atoms with Crippen molar-refractivity contribution in [1.82, 2.24) is 0 Å². The monoisotopic (exact) mass is 270 g/mol. The van der Waals surface area contributed by atoms with Crippen LogP contribution in [0.4, 0.5) is 0 Å². The molecular formula is C18H22O2.